The number of benzene rings is 1. The van der Waals surface area contributed by atoms with Crippen molar-refractivity contribution in [2.75, 3.05) is 0 Å². The summed E-state index contributed by atoms with van der Waals surface area (Å²) >= 11 is 7.27. The fourth-order valence-electron chi connectivity index (χ4n) is 2.40. The van der Waals surface area contributed by atoms with E-state index < -0.39 is 0 Å². The molecule has 2 fully saturated rings. The van der Waals surface area contributed by atoms with Gasteiger partial charge in [0.2, 0.25) is 0 Å². The fourth-order valence-corrected chi connectivity index (χ4v) is 3.42. The van der Waals surface area contributed by atoms with Crippen LogP contribution in [0.1, 0.15) is 31.2 Å². The molecular formula is C15H15ClN2OS. The zero-order valence-electron chi connectivity index (χ0n) is 10.9. The third-order valence-corrected chi connectivity index (χ3v) is 4.62. The summed E-state index contributed by atoms with van der Waals surface area (Å²) in [6.07, 6.45) is 6.63. The van der Waals surface area contributed by atoms with E-state index in [1.165, 1.54) is 24.6 Å². The lowest BCUT2D eigenvalue weighted by molar-refractivity contribution is -0.115. The molecule has 2 aliphatic rings. The van der Waals surface area contributed by atoms with Crippen molar-refractivity contribution in [1.82, 2.24) is 5.32 Å². The van der Waals surface area contributed by atoms with Gasteiger partial charge >= 0.3 is 0 Å². The maximum absolute atomic E-state index is 11.9. The maximum atomic E-state index is 11.9. The highest BCUT2D eigenvalue weighted by Gasteiger charge is 2.25. The molecule has 0 radical (unpaired) electrons. The maximum Gasteiger partial charge on any atom is 0.264 e. The van der Waals surface area contributed by atoms with Gasteiger partial charge in [-0.15, -0.1) is 0 Å². The van der Waals surface area contributed by atoms with Crippen LogP contribution in [0.15, 0.2) is 34.2 Å². The monoisotopic (exact) mass is 306 g/mol. The number of hydrogen-bond acceptors (Lipinski definition) is 3. The van der Waals surface area contributed by atoms with Crippen LogP contribution in [0.2, 0.25) is 5.02 Å². The molecule has 0 spiro atoms. The molecule has 1 amide bonds. The minimum absolute atomic E-state index is 0.0679. The standard InChI is InChI=1S/C15H15ClN2OS/c16-11-7-5-10(6-8-11)9-13-14(19)18-15(20-13)17-12-3-1-2-4-12/h5-9,12H,1-4H2,(H,17,18,19)/b13-9+. The molecule has 104 valence electrons. The Hall–Kier alpha value is -1.26. The summed E-state index contributed by atoms with van der Waals surface area (Å²) < 4.78 is 0. The summed E-state index contributed by atoms with van der Waals surface area (Å²) in [4.78, 5) is 17.2. The number of halogens is 1. The summed E-state index contributed by atoms with van der Waals surface area (Å²) in [7, 11) is 0. The molecule has 3 rings (SSSR count). The van der Waals surface area contributed by atoms with Crippen molar-refractivity contribution in [2.24, 2.45) is 4.99 Å². The van der Waals surface area contributed by atoms with E-state index in [4.69, 9.17) is 11.6 Å². The Labute approximate surface area is 127 Å². The lowest BCUT2D eigenvalue weighted by atomic mass is 10.2. The van der Waals surface area contributed by atoms with Gasteiger partial charge in [-0.25, -0.2) is 0 Å². The van der Waals surface area contributed by atoms with E-state index in [9.17, 15) is 4.79 Å². The quantitative estimate of drug-likeness (QED) is 0.843. The molecule has 1 aromatic carbocycles. The van der Waals surface area contributed by atoms with Crippen LogP contribution in [-0.2, 0) is 4.79 Å². The fraction of sp³-hybridized carbons (Fsp3) is 0.333. The van der Waals surface area contributed by atoms with E-state index in [1.54, 1.807) is 0 Å². The van der Waals surface area contributed by atoms with E-state index in [0.717, 1.165) is 23.6 Å². The number of nitrogens with zero attached hydrogens (tertiary/aromatic N) is 1. The Balaban J connectivity index is 1.74. The van der Waals surface area contributed by atoms with Crippen LogP contribution in [-0.4, -0.2) is 17.1 Å². The number of rotatable bonds is 2. The summed E-state index contributed by atoms with van der Waals surface area (Å²) in [5.41, 5.74) is 0.967. The Morgan fingerprint density at radius 3 is 2.65 bits per heavy atom. The molecule has 1 aliphatic heterocycles. The summed E-state index contributed by atoms with van der Waals surface area (Å²) in [5, 5.41) is 4.27. The first-order chi connectivity index (χ1) is 9.70. The third-order valence-electron chi connectivity index (χ3n) is 3.44. The van der Waals surface area contributed by atoms with Crippen molar-refractivity contribution in [1.29, 1.82) is 0 Å². The van der Waals surface area contributed by atoms with Crippen LogP contribution in [0.3, 0.4) is 0 Å². The molecule has 0 aromatic heterocycles. The Morgan fingerprint density at radius 1 is 1.25 bits per heavy atom. The predicted molar refractivity (Wildman–Crippen MR) is 84.9 cm³/mol. The van der Waals surface area contributed by atoms with Crippen LogP contribution in [0.5, 0.6) is 0 Å². The van der Waals surface area contributed by atoms with Crippen LogP contribution >= 0.6 is 23.4 Å². The van der Waals surface area contributed by atoms with Crippen LogP contribution in [0, 0.1) is 0 Å². The topological polar surface area (TPSA) is 41.5 Å². The van der Waals surface area contributed by atoms with Gasteiger partial charge in [-0.1, -0.05) is 36.6 Å². The normalized spacial score (nSPS) is 23.8. The van der Waals surface area contributed by atoms with E-state index in [1.807, 2.05) is 30.3 Å². The van der Waals surface area contributed by atoms with Crippen molar-refractivity contribution in [2.45, 2.75) is 31.7 Å². The van der Waals surface area contributed by atoms with Gasteiger partial charge < -0.3 is 5.32 Å². The highest BCUT2D eigenvalue weighted by atomic mass is 35.5. The number of hydrogen-bond donors (Lipinski definition) is 1. The van der Waals surface area contributed by atoms with Gasteiger partial charge in [0.25, 0.3) is 5.91 Å². The van der Waals surface area contributed by atoms with Gasteiger partial charge in [0.05, 0.1) is 10.9 Å². The average Bonchev–Trinajstić information content (AvgIpc) is 3.04. The molecule has 5 heteroatoms. The second-order valence-corrected chi connectivity index (χ2v) is 6.46. The van der Waals surface area contributed by atoms with E-state index >= 15 is 0 Å². The Kier molecular flexibility index (Phi) is 4.13. The Morgan fingerprint density at radius 2 is 1.95 bits per heavy atom. The summed E-state index contributed by atoms with van der Waals surface area (Å²) in [6, 6.07) is 7.82. The van der Waals surface area contributed by atoms with Crippen LogP contribution in [0.25, 0.3) is 6.08 Å². The first-order valence-corrected chi connectivity index (χ1v) is 7.94. The summed E-state index contributed by atoms with van der Waals surface area (Å²) in [5.74, 6) is -0.0679. The van der Waals surface area contributed by atoms with Crippen molar-refractivity contribution >= 4 is 40.5 Å². The molecule has 1 aliphatic carbocycles. The molecule has 0 bridgehead atoms. The number of carbonyl (C=O) groups excluding carboxylic acids is 1. The average molecular weight is 307 g/mol. The van der Waals surface area contributed by atoms with Crippen molar-refractivity contribution in [3.8, 4) is 0 Å². The van der Waals surface area contributed by atoms with Gasteiger partial charge in [0, 0.05) is 5.02 Å². The smallest absolute Gasteiger partial charge is 0.264 e. The number of aliphatic imine (C=N–C) groups is 1. The van der Waals surface area contributed by atoms with Crippen molar-refractivity contribution < 1.29 is 4.79 Å². The molecular weight excluding hydrogens is 292 g/mol. The molecule has 0 atom stereocenters. The predicted octanol–water partition coefficient (Wildman–Crippen LogP) is 3.84. The SMILES string of the molecule is O=C1NC(=NC2CCCC2)S/C1=C/c1ccc(Cl)cc1. The van der Waals surface area contributed by atoms with Crippen molar-refractivity contribution in [3.63, 3.8) is 0 Å². The minimum Gasteiger partial charge on any atom is -0.301 e. The minimum atomic E-state index is -0.0679. The third kappa shape index (κ3) is 3.25. The number of nitrogens with one attached hydrogen (secondary N) is 1. The first-order valence-electron chi connectivity index (χ1n) is 6.75. The molecule has 1 aromatic rings. The van der Waals surface area contributed by atoms with Crippen LogP contribution in [0.4, 0.5) is 0 Å². The zero-order chi connectivity index (χ0) is 13.9. The van der Waals surface area contributed by atoms with Gasteiger partial charge in [0.15, 0.2) is 5.17 Å². The second kappa shape index (κ2) is 6.02. The molecule has 20 heavy (non-hydrogen) atoms. The van der Waals surface area contributed by atoms with Crippen molar-refractivity contribution in [3.05, 3.63) is 39.8 Å². The zero-order valence-corrected chi connectivity index (χ0v) is 12.5. The molecule has 1 N–H and O–H groups in total. The molecule has 1 saturated heterocycles. The highest BCUT2D eigenvalue weighted by molar-refractivity contribution is 8.18. The second-order valence-electron chi connectivity index (χ2n) is 4.99. The van der Waals surface area contributed by atoms with Gasteiger partial charge in [-0.3, -0.25) is 9.79 Å². The highest BCUT2D eigenvalue weighted by Crippen LogP contribution is 2.29. The first kappa shape index (κ1) is 13.7. The number of thioether (sulfide) groups is 1. The molecule has 0 unspecified atom stereocenters. The largest absolute Gasteiger partial charge is 0.301 e. The molecule has 1 saturated carbocycles. The molecule has 3 nitrogen and oxygen atoms in total. The van der Waals surface area contributed by atoms with Crippen LogP contribution < -0.4 is 5.32 Å². The Bertz CT molecular complexity index is 574. The number of amidine groups is 1. The van der Waals surface area contributed by atoms with Gasteiger partial charge in [-0.05, 0) is 48.4 Å². The number of carbonyl (C=O) groups is 1. The van der Waals surface area contributed by atoms with E-state index in [-0.39, 0.29) is 5.91 Å². The van der Waals surface area contributed by atoms with Gasteiger partial charge in [0.1, 0.15) is 0 Å². The van der Waals surface area contributed by atoms with E-state index in [2.05, 4.69) is 10.3 Å². The molecule has 1 heterocycles. The lowest BCUT2D eigenvalue weighted by Crippen LogP contribution is -2.21. The van der Waals surface area contributed by atoms with Gasteiger partial charge in [-0.2, -0.15) is 0 Å². The van der Waals surface area contributed by atoms with E-state index in [0.29, 0.717) is 16.0 Å². The summed E-state index contributed by atoms with van der Waals surface area (Å²) in [6.45, 7) is 0. The number of amides is 1. The lowest BCUT2D eigenvalue weighted by Gasteiger charge is -2.02.